The Hall–Kier alpha value is -1.06. The van der Waals surface area contributed by atoms with Gasteiger partial charge >= 0.3 is 0 Å². The molecule has 1 atom stereocenters. The molecule has 3 heteroatoms. The molecule has 0 saturated heterocycles. The zero-order chi connectivity index (χ0) is 15.1. The van der Waals surface area contributed by atoms with Crippen molar-refractivity contribution in [3.8, 4) is 5.75 Å². The molecule has 0 amide bonds. The van der Waals surface area contributed by atoms with Crippen molar-refractivity contribution in [1.82, 2.24) is 5.32 Å². The lowest BCUT2D eigenvalue weighted by Crippen LogP contribution is -2.35. The lowest BCUT2D eigenvalue weighted by Gasteiger charge is -2.26. The summed E-state index contributed by atoms with van der Waals surface area (Å²) in [4.78, 5) is 0. The quantitative estimate of drug-likeness (QED) is 0.745. The molecule has 1 aromatic carbocycles. The molecule has 1 unspecified atom stereocenters. The number of methoxy groups -OCH3 is 1. The van der Waals surface area contributed by atoms with Crippen molar-refractivity contribution in [3.63, 3.8) is 0 Å². The van der Waals surface area contributed by atoms with Gasteiger partial charge in [-0.1, -0.05) is 6.07 Å². The van der Waals surface area contributed by atoms with Crippen molar-refractivity contribution in [3.05, 3.63) is 29.3 Å². The molecule has 0 fully saturated rings. The largest absolute Gasteiger partial charge is 0.497 e. The van der Waals surface area contributed by atoms with Crippen LogP contribution in [-0.4, -0.2) is 32.4 Å². The highest BCUT2D eigenvalue weighted by Crippen LogP contribution is 2.25. The van der Waals surface area contributed by atoms with E-state index in [2.05, 4.69) is 37.4 Å². The maximum Gasteiger partial charge on any atom is 0.119 e. The molecule has 0 heterocycles. The van der Waals surface area contributed by atoms with E-state index in [9.17, 15) is 0 Å². The summed E-state index contributed by atoms with van der Waals surface area (Å²) >= 11 is 0. The van der Waals surface area contributed by atoms with Gasteiger partial charge in [0.1, 0.15) is 5.75 Å². The summed E-state index contributed by atoms with van der Waals surface area (Å²) in [5.74, 6) is 0.972. The fourth-order valence-electron chi connectivity index (χ4n) is 2.89. The molecule has 0 aromatic heterocycles. The minimum absolute atomic E-state index is 0.350. The van der Waals surface area contributed by atoms with Gasteiger partial charge in [0, 0.05) is 12.6 Å². The Morgan fingerprint density at radius 1 is 1.24 bits per heavy atom. The Labute approximate surface area is 129 Å². The van der Waals surface area contributed by atoms with Crippen LogP contribution in [0.15, 0.2) is 18.2 Å². The highest BCUT2D eigenvalue weighted by atomic mass is 16.5. The van der Waals surface area contributed by atoms with Crippen LogP contribution in [0.25, 0.3) is 0 Å². The fraction of sp³-hybridized carbons (Fsp3) is 0.667. The molecule has 3 nitrogen and oxygen atoms in total. The zero-order valence-electron chi connectivity index (χ0n) is 13.7. The lowest BCUT2D eigenvalue weighted by molar-refractivity contribution is 0.0759. The molecular weight excluding hydrogens is 262 g/mol. The van der Waals surface area contributed by atoms with E-state index in [-0.39, 0.29) is 0 Å². The Morgan fingerprint density at radius 3 is 2.86 bits per heavy atom. The molecule has 0 spiro atoms. The second kappa shape index (κ2) is 8.40. The third-order valence-corrected chi connectivity index (χ3v) is 4.10. The van der Waals surface area contributed by atoms with Crippen molar-refractivity contribution in [2.24, 2.45) is 0 Å². The molecule has 0 saturated carbocycles. The van der Waals surface area contributed by atoms with Gasteiger partial charge in [0.25, 0.3) is 0 Å². The molecule has 1 aliphatic rings. The lowest BCUT2D eigenvalue weighted by atomic mass is 9.88. The van der Waals surface area contributed by atoms with Crippen LogP contribution in [0.1, 0.15) is 44.2 Å². The van der Waals surface area contributed by atoms with Gasteiger partial charge < -0.3 is 14.8 Å². The second-order valence-electron chi connectivity index (χ2n) is 6.16. The van der Waals surface area contributed by atoms with Crippen LogP contribution >= 0.6 is 0 Å². The second-order valence-corrected chi connectivity index (χ2v) is 6.16. The Bertz CT molecular complexity index is 431. The molecule has 118 valence electrons. The van der Waals surface area contributed by atoms with E-state index in [0.29, 0.717) is 12.1 Å². The van der Waals surface area contributed by atoms with Crippen molar-refractivity contribution in [2.75, 3.05) is 20.3 Å². The van der Waals surface area contributed by atoms with Crippen LogP contribution in [0.4, 0.5) is 0 Å². The number of fused-ring (bicyclic) bond motifs is 1. The molecule has 1 N–H and O–H groups in total. The highest BCUT2D eigenvalue weighted by molar-refractivity contribution is 5.37. The Kier molecular flexibility index (Phi) is 6.52. The van der Waals surface area contributed by atoms with Crippen molar-refractivity contribution >= 4 is 0 Å². The van der Waals surface area contributed by atoms with Crippen LogP contribution in [0.5, 0.6) is 5.75 Å². The summed E-state index contributed by atoms with van der Waals surface area (Å²) in [5.41, 5.74) is 2.93. The molecule has 0 bridgehead atoms. The Morgan fingerprint density at radius 2 is 2.10 bits per heavy atom. The summed E-state index contributed by atoms with van der Waals surface area (Å²) in [7, 11) is 1.74. The highest BCUT2D eigenvalue weighted by Gasteiger charge is 2.18. The van der Waals surface area contributed by atoms with Crippen LogP contribution in [0.2, 0.25) is 0 Å². The minimum atomic E-state index is 0.350. The third-order valence-electron chi connectivity index (χ3n) is 4.10. The topological polar surface area (TPSA) is 30.5 Å². The predicted molar refractivity (Wildman–Crippen MR) is 87.1 cm³/mol. The third kappa shape index (κ3) is 5.33. The summed E-state index contributed by atoms with van der Waals surface area (Å²) < 4.78 is 10.9. The normalized spacial score (nSPS) is 17.8. The predicted octanol–water partition coefficient (Wildman–Crippen LogP) is 3.35. The molecule has 2 rings (SSSR count). The zero-order valence-corrected chi connectivity index (χ0v) is 13.7. The number of rotatable bonds is 8. The number of nitrogens with one attached hydrogen (secondary N) is 1. The number of unbranched alkanes of at least 4 members (excludes halogenated alkanes) is 1. The number of hydrogen-bond donors (Lipinski definition) is 1. The smallest absolute Gasteiger partial charge is 0.119 e. The maximum atomic E-state index is 5.56. The first kappa shape index (κ1) is 16.3. The summed E-state index contributed by atoms with van der Waals surface area (Å²) in [6, 6.07) is 7.09. The number of hydrogen-bond acceptors (Lipinski definition) is 3. The fourth-order valence-corrected chi connectivity index (χ4v) is 2.89. The van der Waals surface area contributed by atoms with E-state index >= 15 is 0 Å². The van der Waals surface area contributed by atoms with Gasteiger partial charge in [0.05, 0.1) is 13.2 Å². The van der Waals surface area contributed by atoms with Gasteiger partial charge in [-0.2, -0.15) is 0 Å². The van der Waals surface area contributed by atoms with Crippen molar-refractivity contribution in [1.29, 1.82) is 0 Å². The van der Waals surface area contributed by atoms with Gasteiger partial charge in [-0.05, 0) is 75.8 Å². The molecule has 0 aliphatic heterocycles. The first-order chi connectivity index (χ1) is 10.2. The summed E-state index contributed by atoms with van der Waals surface area (Å²) in [6.45, 7) is 6.15. The van der Waals surface area contributed by atoms with Crippen molar-refractivity contribution in [2.45, 2.75) is 58.1 Å². The first-order valence-electron chi connectivity index (χ1n) is 8.20. The number of aryl methyl sites for hydroxylation is 1. The molecule has 21 heavy (non-hydrogen) atoms. The van der Waals surface area contributed by atoms with E-state index in [1.165, 1.54) is 30.4 Å². The van der Waals surface area contributed by atoms with Gasteiger partial charge in [-0.25, -0.2) is 0 Å². The average molecular weight is 291 g/mol. The minimum Gasteiger partial charge on any atom is -0.497 e. The first-order valence-corrected chi connectivity index (χ1v) is 8.20. The summed E-state index contributed by atoms with van der Waals surface area (Å²) in [5, 5.41) is 3.69. The molecular formula is C18H29NO2. The van der Waals surface area contributed by atoms with Gasteiger partial charge in [0.15, 0.2) is 0 Å². The van der Waals surface area contributed by atoms with E-state index in [1.807, 2.05) is 0 Å². The van der Waals surface area contributed by atoms with Crippen LogP contribution in [0.3, 0.4) is 0 Å². The molecule has 0 radical (unpaired) electrons. The van der Waals surface area contributed by atoms with Crippen molar-refractivity contribution < 1.29 is 9.47 Å². The van der Waals surface area contributed by atoms with E-state index < -0.39 is 0 Å². The van der Waals surface area contributed by atoms with E-state index in [1.54, 1.807) is 7.11 Å². The van der Waals surface area contributed by atoms with Gasteiger partial charge in [0.2, 0.25) is 0 Å². The standard InChI is InChI=1S/C18H29NO2/c1-14(2)21-11-5-4-10-19-17-8-6-15-7-9-18(20-3)13-16(15)12-17/h7,9,13-14,17,19H,4-6,8,10-12H2,1-3H3. The monoisotopic (exact) mass is 291 g/mol. The van der Waals surface area contributed by atoms with Crippen LogP contribution in [0, 0.1) is 0 Å². The van der Waals surface area contributed by atoms with E-state index in [0.717, 1.165) is 31.7 Å². The average Bonchev–Trinajstić information content (AvgIpc) is 2.49. The van der Waals surface area contributed by atoms with E-state index in [4.69, 9.17) is 9.47 Å². The number of benzene rings is 1. The van der Waals surface area contributed by atoms with Crippen LogP contribution < -0.4 is 10.1 Å². The SMILES string of the molecule is COc1ccc2c(c1)CC(NCCCCOC(C)C)CC2. The molecule has 1 aromatic rings. The van der Waals surface area contributed by atoms with Gasteiger partial charge in [-0.3, -0.25) is 0 Å². The van der Waals surface area contributed by atoms with Crippen LogP contribution in [-0.2, 0) is 17.6 Å². The van der Waals surface area contributed by atoms with Gasteiger partial charge in [-0.15, -0.1) is 0 Å². The number of ether oxygens (including phenoxy) is 2. The molecule has 1 aliphatic carbocycles. The summed E-state index contributed by atoms with van der Waals surface area (Å²) in [6.07, 6.45) is 6.21. The Balaban J connectivity index is 1.69. The maximum absolute atomic E-state index is 5.56.